The van der Waals surface area contributed by atoms with E-state index in [4.69, 9.17) is 5.11 Å². The van der Waals surface area contributed by atoms with Crippen molar-refractivity contribution in [3.8, 4) is 5.75 Å². The van der Waals surface area contributed by atoms with Gasteiger partial charge >= 0.3 is 5.97 Å². The molecule has 0 unspecified atom stereocenters. The molecule has 0 saturated carbocycles. The van der Waals surface area contributed by atoms with Gasteiger partial charge in [0.1, 0.15) is 11.3 Å². The molecule has 0 amide bonds. The molecule has 1 rings (SSSR count). The van der Waals surface area contributed by atoms with E-state index in [0.717, 1.165) is 0 Å². The molecular weight excluding hydrogens is 172 g/mol. The van der Waals surface area contributed by atoms with Gasteiger partial charge in [-0.1, -0.05) is 0 Å². The molecule has 1 radical (unpaired) electrons. The van der Waals surface area contributed by atoms with Crippen molar-refractivity contribution in [2.75, 3.05) is 7.11 Å². The van der Waals surface area contributed by atoms with Gasteiger partial charge in [-0.2, -0.15) is 0 Å². The minimum atomic E-state index is -0.649. The Bertz CT molecular complexity index is 319. The number of phenols is 1. The minimum Gasteiger partial charge on any atom is -0.507 e. The van der Waals surface area contributed by atoms with Crippen LogP contribution in [0, 0.1) is 6.07 Å². The first-order valence-electron chi connectivity index (χ1n) is 3.61. The molecule has 13 heavy (non-hydrogen) atoms. The fourth-order valence-electron chi connectivity index (χ4n) is 0.921. The van der Waals surface area contributed by atoms with E-state index >= 15 is 0 Å². The van der Waals surface area contributed by atoms with Crippen molar-refractivity contribution in [2.24, 2.45) is 0 Å². The number of benzene rings is 1. The molecule has 0 spiro atoms. The fourth-order valence-corrected chi connectivity index (χ4v) is 0.921. The molecule has 0 aliphatic carbocycles. The number of methoxy groups -OCH3 is 1. The first-order valence-corrected chi connectivity index (χ1v) is 3.61. The maximum absolute atomic E-state index is 11.0. The van der Waals surface area contributed by atoms with Crippen molar-refractivity contribution in [3.05, 3.63) is 29.3 Å². The van der Waals surface area contributed by atoms with Crippen LogP contribution < -0.4 is 0 Å². The average Bonchev–Trinajstić information content (AvgIpc) is 2.17. The van der Waals surface area contributed by atoms with Crippen molar-refractivity contribution in [2.45, 2.75) is 6.61 Å². The molecule has 1 aromatic carbocycles. The second-order valence-electron chi connectivity index (χ2n) is 2.39. The number of aliphatic hydroxyl groups excluding tert-OH is 1. The van der Waals surface area contributed by atoms with E-state index in [-0.39, 0.29) is 23.5 Å². The Kier molecular flexibility index (Phi) is 2.87. The van der Waals surface area contributed by atoms with Gasteiger partial charge in [-0.05, 0) is 18.2 Å². The third kappa shape index (κ3) is 1.78. The van der Waals surface area contributed by atoms with Gasteiger partial charge in [-0.15, -0.1) is 0 Å². The summed E-state index contributed by atoms with van der Waals surface area (Å²) in [5, 5.41) is 18.2. The average molecular weight is 181 g/mol. The first-order chi connectivity index (χ1) is 6.20. The standard InChI is InChI=1S/C9H9O4/c1-13-9(12)7-4-2-3-6(5-10)8(7)11/h3-4,10-11H,5H2,1H3. The molecule has 0 aliphatic rings. The highest BCUT2D eigenvalue weighted by atomic mass is 16.5. The predicted molar refractivity (Wildman–Crippen MR) is 44.2 cm³/mol. The predicted octanol–water partition coefficient (Wildman–Crippen LogP) is 0.471. The van der Waals surface area contributed by atoms with E-state index < -0.39 is 5.97 Å². The second-order valence-corrected chi connectivity index (χ2v) is 2.39. The summed E-state index contributed by atoms with van der Waals surface area (Å²) in [5.74, 6) is -0.905. The monoisotopic (exact) mass is 181 g/mol. The molecule has 0 atom stereocenters. The van der Waals surface area contributed by atoms with Crippen LogP contribution in [0.25, 0.3) is 0 Å². The summed E-state index contributed by atoms with van der Waals surface area (Å²) in [7, 11) is 1.22. The lowest BCUT2D eigenvalue weighted by Gasteiger charge is -2.05. The number of hydrogen-bond donors (Lipinski definition) is 2. The molecule has 2 N–H and O–H groups in total. The number of ether oxygens (including phenoxy) is 1. The lowest BCUT2D eigenvalue weighted by atomic mass is 10.1. The first kappa shape index (κ1) is 9.54. The fraction of sp³-hybridized carbons (Fsp3) is 0.222. The van der Waals surface area contributed by atoms with Gasteiger partial charge in [0.25, 0.3) is 0 Å². The van der Waals surface area contributed by atoms with Crippen LogP contribution in [0.5, 0.6) is 5.75 Å². The van der Waals surface area contributed by atoms with Gasteiger partial charge in [0.15, 0.2) is 0 Å². The number of rotatable bonds is 2. The molecule has 0 heterocycles. The highest BCUT2D eigenvalue weighted by Crippen LogP contribution is 2.22. The Balaban J connectivity index is 3.15. The maximum atomic E-state index is 11.0. The molecule has 0 bridgehead atoms. The topological polar surface area (TPSA) is 66.8 Å². The minimum absolute atomic E-state index is 0.00838. The molecule has 4 nitrogen and oxygen atoms in total. The Labute approximate surface area is 75.4 Å². The van der Waals surface area contributed by atoms with Crippen molar-refractivity contribution >= 4 is 5.97 Å². The summed E-state index contributed by atoms with van der Waals surface area (Å²) >= 11 is 0. The van der Waals surface area contributed by atoms with Gasteiger partial charge in [0, 0.05) is 5.56 Å². The molecule has 0 saturated heterocycles. The normalized spacial score (nSPS) is 9.69. The van der Waals surface area contributed by atoms with Crippen LogP contribution in [0.3, 0.4) is 0 Å². The zero-order chi connectivity index (χ0) is 9.84. The number of hydrogen-bond acceptors (Lipinski definition) is 4. The van der Waals surface area contributed by atoms with Gasteiger partial charge in [0.05, 0.1) is 13.7 Å². The van der Waals surface area contributed by atoms with Gasteiger partial charge < -0.3 is 14.9 Å². The number of esters is 1. The van der Waals surface area contributed by atoms with Crippen LogP contribution in [0.1, 0.15) is 15.9 Å². The van der Waals surface area contributed by atoms with Crippen molar-refractivity contribution < 1.29 is 19.7 Å². The van der Waals surface area contributed by atoms with Gasteiger partial charge in [-0.25, -0.2) is 4.79 Å². The van der Waals surface area contributed by atoms with Crippen LogP contribution >= 0.6 is 0 Å². The summed E-state index contributed by atoms with van der Waals surface area (Å²) in [6.45, 7) is -0.340. The summed E-state index contributed by atoms with van der Waals surface area (Å²) in [4.78, 5) is 11.0. The third-order valence-corrected chi connectivity index (χ3v) is 1.62. The van der Waals surface area contributed by atoms with Gasteiger partial charge in [-0.3, -0.25) is 0 Å². The second kappa shape index (κ2) is 3.91. The Morgan fingerprint density at radius 2 is 2.31 bits per heavy atom. The van der Waals surface area contributed by atoms with E-state index in [2.05, 4.69) is 10.8 Å². The van der Waals surface area contributed by atoms with E-state index in [0.29, 0.717) is 0 Å². The van der Waals surface area contributed by atoms with Crippen LogP contribution in [-0.2, 0) is 11.3 Å². The number of carbonyl (C=O) groups excluding carboxylic acids is 1. The summed E-state index contributed by atoms with van der Waals surface area (Å²) < 4.78 is 4.42. The molecule has 4 heteroatoms. The number of carbonyl (C=O) groups is 1. The smallest absolute Gasteiger partial charge is 0.341 e. The molecule has 0 aliphatic heterocycles. The lowest BCUT2D eigenvalue weighted by molar-refractivity contribution is 0.0597. The van der Waals surface area contributed by atoms with Crippen LogP contribution in [0.4, 0.5) is 0 Å². The van der Waals surface area contributed by atoms with E-state index in [1.807, 2.05) is 0 Å². The van der Waals surface area contributed by atoms with E-state index in [1.54, 1.807) is 0 Å². The quantitative estimate of drug-likeness (QED) is 0.651. The maximum Gasteiger partial charge on any atom is 0.341 e. The Morgan fingerprint density at radius 1 is 1.62 bits per heavy atom. The molecular formula is C9H9O4. The Hall–Kier alpha value is -1.55. The van der Waals surface area contributed by atoms with Gasteiger partial charge in [0.2, 0.25) is 0 Å². The van der Waals surface area contributed by atoms with Crippen molar-refractivity contribution in [3.63, 3.8) is 0 Å². The highest BCUT2D eigenvalue weighted by molar-refractivity contribution is 5.92. The van der Waals surface area contributed by atoms with Crippen LogP contribution in [0.2, 0.25) is 0 Å². The number of aromatic hydroxyl groups is 1. The summed E-state index contributed by atoms with van der Waals surface area (Å²) in [6, 6.07) is 5.33. The SMILES string of the molecule is COC(=O)c1c[c]cc(CO)c1O. The third-order valence-electron chi connectivity index (χ3n) is 1.62. The van der Waals surface area contributed by atoms with E-state index in [1.165, 1.54) is 19.2 Å². The van der Waals surface area contributed by atoms with E-state index in [9.17, 15) is 9.90 Å². The Morgan fingerprint density at radius 3 is 2.85 bits per heavy atom. The summed E-state index contributed by atoms with van der Waals surface area (Å²) in [5.41, 5.74) is 0.261. The van der Waals surface area contributed by atoms with Crippen molar-refractivity contribution in [1.82, 2.24) is 0 Å². The van der Waals surface area contributed by atoms with Crippen LogP contribution in [-0.4, -0.2) is 23.3 Å². The summed E-state index contributed by atoms with van der Waals surface area (Å²) in [6.07, 6.45) is 0. The number of aliphatic hydroxyl groups is 1. The van der Waals surface area contributed by atoms with Crippen molar-refractivity contribution in [1.29, 1.82) is 0 Å². The van der Waals surface area contributed by atoms with Crippen LogP contribution in [0.15, 0.2) is 12.1 Å². The highest BCUT2D eigenvalue weighted by Gasteiger charge is 2.13. The lowest BCUT2D eigenvalue weighted by Crippen LogP contribution is -2.02. The molecule has 69 valence electrons. The molecule has 1 aromatic rings. The zero-order valence-corrected chi connectivity index (χ0v) is 7.07. The largest absolute Gasteiger partial charge is 0.507 e. The zero-order valence-electron chi connectivity index (χ0n) is 7.07. The molecule has 0 aromatic heterocycles. The molecule has 0 fully saturated rings.